The van der Waals surface area contributed by atoms with Crippen LogP contribution in [-0.4, -0.2) is 9.38 Å². The van der Waals surface area contributed by atoms with Crippen molar-refractivity contribution in [1.29, 1.82) is 0 Å². The monoisotopic (exact) mass is 428 g/mol. The molecule has 2 heterocycles. The molecule has 0 unspecified atom stereocenters. The van der Waals surface area contributed by atoms with E-state index in [1.807, 2.05) is 0 Å². The minimum absolute atomic E-state index is 1.08. The second kappa shape index (κ2) is 5.47. The lowest BCUT2D eigenvalue weighted by Gasteiger charge is -2.01. The summed E-state index contributed by atoms with van der Waals surface area (Å²) in [7, 11) is 0. The molecule has 0 saturated heterocycles. The van der Waals surface area contributed by atoms with Gasteiger partial charge < -0.3 is 4.40 Å². The summed E-state index contributed by atoms with van der Waals surface area (Å²) in [5.74, 6) is 0. The van der Waals surface area contributed by atoms with Crippen LogP contribution < -0.4 is 0 Å². The van der Waals surface area contributed by atoms with Crippen molar-refractivity contribution in [2.75, 3.05) is 0 Å². The maximum atomic E-state index is 4.52. The molecule has 2 nitrogen and oxygen atoms in total. The Hall–Kier alpha value is 0.150. The van der Waals surface area contributed by atoms with Gasteiger partial charge in [0, 0.05) is 49.1 Å². The predicted molar refractivity (Wildman–Crippen MR) is 82.2 cm³/mol. The van der Waals surface area contributed by atoms with Crippen LogP contribution in [0.15, 0.2) is 12.3 Å². The highest BCUT2D eigenvalue weighted by Crippen LogP contribution is 2.15. The summed E-state index contributed by atoms with van der Waals surface area (Å²) in [5.41, 5.74) is 5.97. The van der Waals surface area contributed by atoms with Crippen molar-refractivity contribution in [3.8, 4) is 0 Å². The molecule has 0 saturated carbocycles. The maximum absolute atomic E-state index is 4.52. The second-order valence-electron chi connectivity index (χ2n) is 3.68. The fourth-order valence-corrected chi connectivity index (χ4v) is 1.71. The normalized spacial score (nSPS) is 10.0. The fraction of sp³-hybridized carbons (Fsp3) is 0.364. The molecule has 0 bridgehead atoms. The standard InChI is InChI=1S/C11H14N2.I2/c1-7-5-8(2)11-12-9(3)10(4)13(11)6-7;1-2/h5-6H,1-4H3;. The van der Waals surface area contributed by atoms with Gasteiger partial charge in [0.25, 0.3) is 0 Å². The predicted octanol–water partition coefficient (Wildman–Crippen LogP) is 4.34. The summed E-state index contributed by atoms with van der Waals surface area (Å²) in [4.78, 5) is 4.52. The van der Waals surface area contributed by atoms with Crippen molar-refractivity contribution in [1.82, 2.24) is 9.38 Å². The fourth-order valence-electron chi connectivity index (χ4n) is 1.71. The Labute approximate surface area is 114 Å². The number of aryl methyl sites for hydroxylation is 4. The van der Waals surface area contributed by atoms with Crippen molar-refractivity contribution in [3.05, 3.63) is 34.8 Å². The molecule has 0 amide bonds. The van der Waals surface area contributed by atoms with E-state index in [2.05, 4.69) is 86.6 Å². The summed E-state index contributed by atoms with van der Waals surface area (Å²) in [6.45, 7) is 8.38. The van der Waals surface area contributed by atoms with E-state index in [0.717, 1.165) is 11.3 Å². The SMILES string of the molecule is Cc1cc(C)c2nc(C)c(C)n2c1.II. The van der Waals surface area contributed by atoms with Crippen molar-refractivity contribution in [3.63, 3.8) is 0 Å². The first kappa shape index (κ1) is 13.2. The van der Waals surface area contributed by atoms with Crippen molar-refractivity contribution < 1.29 is 0 Å². The number of aromatic nitrogens is 2. The van der Waals surface area contributed by atoms with Crippen molar-refractivity contribution in [2.24, 2.45) is 0 Å². The van der Waals surface area contributed by atoms with Crippen LogP contribution in [0.3, 0.4) is 0 Å². The lowest BCUT2D eigenvalue weighted by atomic mass is 10.2. The third-order valence-electron chi connectivity index (χ3n) is 2.52. The van der Waals surface area contributed by atoms with Gasteiger partial charge in [-0.15, -0.1) is 0 Å². The summed E-state index contributed by atoms with van der Waals surface area (Å²) in [6, 6.07) is 2.17. The minimum Gasteiger partial charge on any atom is -0.304 e. The number of fused-ring (bicyclic) bond motifs is 1. The Morgan fingerprint density at radius 2 is 1.73 bits per heavy atom. The number of imidazole rings is 1. The molecule has 0 atom stereocenters. The number of nitrogens with zero attached hydrogens (tertiary/aromatic N) is 2. The van der Waals surface area contributed by atoms with Crippen LogP contribution in [0.5, 0.6) is 0 Å². The Bertz CT molecular complexity index is 475. The highest BCUT2D eigenvalue weighted by Gasteiger charge is 2.06. The third kappa shape index (κ3) is 2.64. The van der Waals surface area contributed by atoms with E-state index in [1.54, 1.807) is 0 Å². The van der Waals surface area contributed by atoms with E-state index >= 15 is 0 Å². The molecular formula is C11H14I2N2. The van der Waals surface area contributed by atoms with Gasteiger partial charge in [0.05, 0.1) is 5.69 Å². The Balaban J connectivity index is 0.000000531. The van der Waals surface area contributed by atoms with Gasteiger partial charge in [0.1, 0.15) is 5.65 Å². The molecule has 0 spiro atoms. The van der Waals surface area contributed by atoms with Crippen LogP contribution in [0, 0.1) is 27.7 Å². The first-order chi connectivity index (χ1) is 7.09. The van der Waals surface area contributed by atoms with Gasteiger partial charge in [-0.1, -0.05) is 6.07 Å². The van der Waals surface area contributed by atoms with Crippen LogP contribution >= 0.6 is 37.2 Å². The average Bonchev–Trinajstić information content (AvgIpc) is 2.49. The van der Waals surface area contributed by atoms with Gasteiger partial charge >= 0.3 is 0 Å². The number of hydrogen-bond acceptors (Lipinski definition) is 1. The zero-order valence-corrected chi connectivity index (χ0v) is 13.6. The summed E-state index contributed by atoms with van der Waals surface area (Å²) in [5, 5.41) is 0. The van der Waals surface area contributed by atoms with Crippen LogP contribution in [0.25, 0.3) is 5.65 Å². The van der Waals surface area contributed by atoms with Crippen molar-refractivity contribution >= 4 is 42.9 Å². The summed E-state index contributed by atoms with van der Waals surface area (Å²) < 4.78 is 2.17. The molecular weight excluding hydrogens is 414 g/mol. The molecule has 2 rings (SSSR count). The number of hydrogen-bond donors (Lipinski definition) is 0. The highest BCUT2D eigenvalue weighted by molar-refractivity contribution is 15.0. The molecule has 0 aliphatic carbocycles. The van der Waals surface area contributed by atoms with Gasteiger partial charge in [-0.3, -0.25) is 0 Å². The molecule has 0 fully saturated rings. The molecule has 15 heavy (non-hydrogen) atoms. The topological polar surface area (TPSA) is 17.3 Å². The van der Waals surface area contributed by atoms with E-state index in [-0.39, 0.29) is 0 Å². The summed E-state index contributed by atoms with van der Waals surface area (Å²) in [6.07, 6.45) is 2.14. The molecule has 2 aromatic heterocycles. The Kier molecular flexibility index (Phi) is 4.82. The maximum Gasteiger partial charge on any atom is 0.140 e. The van der Waals surface area contributed by atoms with Gasteiger partial charge in [-0.05, 0) is 38.8 Å². The largest absolute Gasteiger partial charge is 0.304 e. The van der Waals surface area contributed by atoms with Gasteiger partial charge in [-0.25, -0.2) is 4.98 Å². The van der Waals surface area contributed by atoms with Crippen LogP contribution in [-0.2, 0) is 0 Å². The lowest BCUT2D eigenvalue weighted by molar-refractivity contribution is 1.07. The Morgan fingerprint density at radius 3 is 2.33 bits per heavy atom. The van der Waals surface area contributed by atoms with E-state index < -0.39 is 0 Å². The van der Waals surface area contributed by atoms with E-state index in [4.69, 9.17) is 0 Å². The first-order valence-corrected chi connectivity index (χ1v) is 10.9. The minimum atomic E-state index is 1.08. The molecule has 82 valence electrons. The smallest absolute Gasteiger partial charge is 0.140 e. The van der Waals surface area contributed by atoms with Gasteiger partial charge in [0.2, 0.25) is 0 Å². The Morgan fingerprint density at radius 1 is 1.13 bits per heavy atom. The van der Waals surface area contributed by atoms with Crippen LogP contribution in [0.1, 0.15) is 22.5 Å². The lowest BCUT2D eigenvalue weighted by Crippen LogP contribution is -1.91. The zero-order valence-electron chi connectivity index (χ0n) is 9.31. The third-order valence-corrected chi connectivity index (χ3v) is 2.52. The molecule has 0 N–H and O–H groups in total. The molecule has 0 aliphatic rings. The summed E-state index contributed by atoms with van der Waals surface area (Å²) >= 11 is 4.24. The van der Waals surface area contributed by atoms with Crippen LogP contribution in [0.2, 0.25) is 0 Å². The van der Waals surface area contributed by atoms with E-state index in [0.29, 0.717) is 0 Å². The highest BCUT2D eigenvalue weighted by atomic mass is 128. The number of halogens is 2. The van der Waals surface area contributed by atoms with Gasteiger partial charge in [-0.2, -0.15) is 0 Å². The quantitative estimate of drug-likeness (QED) is 0.571. The number of rotatable bonds is 0. The molecule has 0 radical (unpaired) electrons. The zero-order chi connectivity index (χ0) is 11.6. The van der Waals surface area contributed by atoms with Gasteiger partial charge in [0.15, 0.2) is 0 Å². The van der Waals surface area contributed by atoms with E-state index in [1.165, 1.54) is 16.8 Å². The molecule has 2 aromatic rings. The van der Waals surface area contributed by atoms with E-state index in [9.17, 15) is 0 Å². The molecule has 0 aromatic carbocycles. The average molecular weight is 428 g/mol. The van der Waals surface area contributed by atoms with Crippen molar-refractivity contribution in [2.45, 2.75) is 27.7 Å². The number of pyridine rings is 1. The van der Waals surface area contributed by atoms with Crippen LogP contribution in [0.4, 0.5) is 0 Å². The second-order valence-corrected chi connectivity index (χ2v) is 3.68. The first-order valence-electron chi connectivity index (χ1n) is 4.66. The molecule has 0 aliphatic heterocycles. The molecule has 4 heteroatoms.